The Balaban J connectivity index is -0.000000173. The Morgan fingerprint density at radius 1 is 0.447 bits per heavy atom. The van der Waals surface area contributed by atoms with Gasteiger partial charge in [0.05, 0.1) is 29.6 Å². The van der Waals surface area contributed by atoms with Gasteiger partial charge in [-0.3, -0.25) is 0 Å². The number of aliphatic carboxylic acids is 5. The maximum Gasteiger partial charge on any atom is 1.00 e. The summed E-state index contributed by atoms with van der Waals surface area (Å²) >= 11 is 29.3. The van der Waals surface area contributed by atoms with Gasteiger partial charge in [-0.1, -0.05) is 104 Å². The van der Waals surface area contributed by atoms with Gasteiger partial charge in [-0.2, -0.15) is 94.1 Å². The number of benzene rings is 6. The van der Waals surface area contributed by atoms with E-state index in [9.17, 15) is 56.5 Å². The number of carboxylic acids is 5. The second-order valence-electron chi connectivity index (χ2n) is 21.4. The molecule has 0 aliphatic carbocycles. The van der Waals surface area contributed by atoms with Gasteiger partial charge in [0.15, 0.2) is 36.0 Å². The van der Waals surface area contributed by atoms with Gasteiger partial charge in [0.25, 0.3) is 0 Å². The minimum Gasteiger partial charge on any atom is -0.546 e. The molecular weight excluding hydrogens is 1710 g/mol. The van der Waals surface area contributed by atoms with Gasteiger partial charge >= 0.3 is 89.2 Å². The fourth-order valence-corrected chi connectivity index (χ4v) is 7.98. The number of carbonyl (C=O) groups excluding carboxylic acids is 3. The van der Waals surface area contributed by atoms with Crippen molar-refractivity contribution in [2.24, 2.45) is 17.8 Å². The number of rotatable bonds is 26. The van der Waals surface area contributed by atoms with Crippen LogP contribution < -0.4 is 97.7 Å². The molecule has 36 heteroatoms. The van der Waals surface area contributed by atoms with Crippen molar-refractivity contribution >= 4 is 195 Å². The van der Waals surface area contributed by atoms with Crippen LogP contribution in [0.15, 0.2) is 142 Å². The van der Waals surface area contributed by atoms with E-state index in [2.05, 4.69) is 45.7 Å². The zero-order valence-corrected chi connectivity index (χ0v) is 74.4. The summed E-state index contributed by atoms with van der Waals surface area (Å²) in [6.07, 6.45) is -6.61. The first kappa shape index (κ1) is 116. The molecule has 0 saturated carbocycles. The number of hydrogen-bond acceptors (Lipinski definition) is 15. The van der Waals surface area contributed by atoms with Crippen molar-refractivity contribution < 1.29 is 164 Å². The average molecular weight is 1800 g/mol. The number of halogens is 10. The summed E-state index contributed by atoms with van der Waals surface area (Å²) in [6, 6.07) is 33.0. The summed E-state index contributed by atoms with van der Waals surface area (Å²) in [6.45, 7) is 16.2. The van der Waals surface area contributed by atoms with Gasteiger partial charge in [0, 0.05) is 24.0 Å². The van der Waals surface area contributed by atoms with Crippen LogP contribution in [0.5, 0.6) is 34.5 Å². The van der Waals surface area contributed by atoms with Crippen LogP contribution in [0.25, 0.3) is 0 Å². The Bertz CT molecular complexity index is 3340. The summed E-state index contributed by atoms with van der Waals surface area (Å²) in [5.41, 5.74) is -0.803. The number of alkyl halides is 3. The first-order valence-corrected chi connectivity index (χ1v) is 31.9. The standard InChI is InChI=1S/C14H19ClO3.C13H17ClO3.C12H15ClO3.C10H9F3O3.C9H8BrClO3.C9H8BrFO3.2Na.6H2S/c1-10(2)4-9-13(14(16)17-3)18-12-7-5-11(15)6-8-12;1-9(2)3-8-12(13(15)16)17-11-6-4-10(14)5-7-11;1-8(2)7-11(12(14)15)16-10-5-3-9(13)4-6-10;1-6(9(14)15)16-8-4-2-7(3-5-8)10(11,12)13;1-5(9(12)13)14-6-2-3-8(11)7(10)4-6;1-5(9(12)13)14-8-3-2-6(10)4-7(8)11;;;;;;;;/h5-8,10,13H,4,9H2,1-3H3;4-7,9,12H,3,8H2,1-2H3,(H,15,16);3-6,8,11H,7H2,1-2H3,(H,14,15);2-6H,1H3,(H,14,15);2*2-5H,1H3,(H,12,13);;;6*1H2/q;;;;;;2*+1;;;;;;/p-2/t13-;12-;11-;6-;2*5-;;;;;;;;/m000000......../s1. The van der Waals surface area contributed by atoms with E-state index < -0.39 is 84.0 Å². The van der Waals surface area contributed by atoms with Crippen LogP contribution in [0.1, 0.15) is 100.0 Å². The third-order valence-electron chi connectivity index (χ3n) is 11.9. The van der Waals surface area contributed by atoms with Crippen LogP contribution in [-0.2, 0) is 39.7 Å². The van der Waals surface area contributed by atoms with Crippen LogP contribution in [0.4, 0.5) is 17.6 Å². The van der Waals surface area contributed by atoms with E-state index in [-0.39, 0.29) is 163 Å². The molecule has 0 heterocycles. The van der Waals surface area contributed by atoms with Crippen LogP contribution in [-0.4, -0.2) is 94.9 Å². The second kappa shape index (κ2) is 61.7. The summed E-state index contributed by atoms with van der Waals surface area (Å²) in [5, 5.41) is 49.8. The molecule has 0 saturated heterocycles. The molecule has 0 spiro atoms. The third-order valence-corrected chi connectivity index (χ3v) is 14.4. The zero-order chi connectivity index (χ0) is 72.3. The maximum absolute atomic E-state index is 13.1. The van der Waals surface area contributed by atoms with Crippen LogP contribution in [0, 0.1) is 23.6 Å². The molecule has 0 radical (unpaired) electrons. The number of methoxy groups -OCH3 is 1. The fourth-order valence-electron chi connectivity index (χ4n) is 6.80. The number of carboxylic acid groups (broad SMARTS) is 5. The third kappa shape index (κ3) is 52.6. The first-order valence-electron chi connectivity index (χ1n) is 28.8. The monoisotopic (exact) mass is 1790 g/mol. The summed E-state index contributed by atoms with van der Waals surface area (Å²) in [4.78, 5) is 64.7. The molecule has 0 aliphatic rings. The topological polar surface area (TPSA) is 274 Å². The molecule has 6 aromatic rings. The van der Waals surface area contributed by atoms with Crippen molar-refractivity contribution in [3.8, 4) is 34.5 Å². The van der Waals surface area contributed by atoms with E-state index in [4.69, 9.17) is 94.9 Å². The molecule has 6 atom stereocenters. The van der Waals surface area contributed by atoms with Crippen LogP contribution >= 0.6 is 159 Å². The molecule has 0 fully saturated rings. The van der Waals surface area contributed by atoms with Gasteiger partial charge in [-0.15, -0.1) is 0 Å². The number of esters is 1. The van der Waals surface area contributed by atoms with E-state index in [0.29, 0.717) is 83.1 Å². The molecule has 103 heavy (non-hydrogen) atoms. The first-order chi connectivity index (χ1) is 44.3. The van der Waals surface area contributed by atoms with Gasteiger partial charge in [0.2, 0.25) is 0 Å². The average Bonchev–Trinajstić information content (AvgIpc) is 0.873. The molecular formula is C67H86Br2Cl4F4Na2O18S6. The van der Waals surface area contributed by atoms with Crippen molar-refractivity contribution in [3.05, 3.63) is 174 Å². The van der Waals surface area contributed by atoms with E-state index in [1.165, 1.54) is 40.0 Å². The van der Waals surface area contributed by atoms with Crippen molar-refractivity contribution in [3.63, 3.8) is 0 Å². The number of hydrogen-bond donors (Lipinski definition) is 3. The molecule has 0 amide bonds. The fraction of sp³-hybridized carbons (Fsp3) is 0.373. The maximum atomic E-state index is 13.1. The Labute approximate surface area is 721 Å². The van der Waals surface area contributed by atoms with Crippen molar-refractivity contribution in [2.75, 3.05) is 7.11 Å². The minimum absolute atomic E-state index is 0. The number of ether oxygens (including phenoxy) is 7. The molecule has 18 nitrogen and oxygen atoms in total. The Kier molecular flexibility index (Phi) is 69.3. The van der Waals surface area contributed by atoms with E-state index in [0.717, 1.165) is 37.1 Å². The van der Waals surface area contributed by atoms with Gasteiger partial charge < -0.3 is 68.3 Å². The van der Waals surface area contributed by atoms with Crippen LogP contribution in [0.2, 0.25) is 20.1 Å². The predicted octanol–water partition coefficient (Wildman–Crippen LogP) is 10.5. The molecule has 0 aliphatic heterocycles. The minimum atomic E-state index is -4.41. The van der Waals surface area contributed by atoms with E-state index in [1.807, 2.05) is 27.7 Å². The van der Waals surface area contributed by atoms with Gasteiger partial charge in [0.1, 0.15) is 41.0 Å². The van der Waals surface area contributed by atoms with Gasteiger partial charge in [-0.25, -0.2) is 23.6 Å². The molecule has 0 unspecified atom stereocenters. The second-order valence-corrected chi connectivity index (χ2v) is 24.9. The Hall–Kier alpha value is -3.12. The normalized spacial score (nSPS) is 11.5. The van der Waals surface area contributed by atoms with Gasteiger partial charge in [-0.05, 0) is 220 Å². The van der Waals surface area contributed by atoms with E-state index >= 15 is 0 Å². The summed E-state index contributed by atoms with van der Waals surface area (Å²) in [5.74, 6) is -3.34. The molecule has 0 aromatic heterocycles. The Morgan fingerprint density at radius 2 is 0.777 bits per heavy atom. The van der Waals surface area contributed by atoms with Crippen molar-refractivity contribution in [1.29, 1.82) is 0 Å². The Morgan fingerprint density at radius 3 is 1.11 bits per heavy atom. The summed E-state index contributed by atoms with van der Waals surface area (Å²) in [7, 11) is 1.37. The van der Waals surface area contributed by atoms with Crippen molar-refractivity contribution in [2.45, 2.75) is 137 Å². The number of carbonyl (C=O) groups is 6. The molecule has 6 rings (SSSR count). The molecule has 6 aromatic carbocycles. The summed E-state index contributed by atoms with van der Waals surface area (Å²) < 4.78 is 86.8. The molecule has 570 valence electrons. The van der Waals surface area contributed by atoms with Crippen LogP contribution in [0.3, 0.4) is 0 Å². The van der Waals surface area contributed by atoms with Crippen molar-refractivity contribution in [1.82, 2.24) is 0 Å². The molecule has 3 N–H and O–H groups in total. The quantitative estimate of drug-likeness (QED) is 0.0259. The SMILES string of the molecule is CC(C)CC[C@H](Oc1ccc(Cl)cc1)C(=O)[O-].CC(C)C[C@H](Oc1ccc(Cl)cc1)C(=O)[O-].COC(=O)[C@H](CCC(C)C)Oc1ccc(Cl)cc1.C[C@H](Oc1ccc(Br)cc1F)C(=O)O.C[C@H](Oc1ccc(C(F)(F)F)cc1)C(=O)O.C[C@H](Oc1ccc(Cl)c(Br)c1)C(=O)O.S.S.S.S.S.S.[Na+].[Na+]. The largest absolute Gasteiger partial charge is 1.00 e. The molecule has 0 bridgehead atoms. The predicted molar refractivity (Wildman–Crippen MR) is 417 cm³/mol. The zero-order valence-electron chi connectivity index (χ0n) is 58.2. The smallest absolute Gasteiger partial charge is 0.546 e. The van der Waals surface area contributed by atoms with E-state index in [1.54, 1.807) is 97.1 Å².